The largest absolute Gasteiger partial charge is 0.326 e. The minimum absolute atomic E-state index is 0.0226. The van der Waals surface area contributed by atoms with E-state index in [-0.39, 0.29) is 5.91 Å². The molecule has 0 aliphatic heterocycles. The van der Waals surface area contributed by atoms with Gasteiger partial charge in [-0.25, -0.2) is 0 Å². The minimum Gasteiger partial charge on any atom is -0.326 e. The van der Waals surface area contributed by atoms with Gasteiger partial charge in [0.05, 0.1) is 5.69 Å². The van der Waals surface area contributed by atoms with Crippen molar-refractivity contribution in [2.45, 2.75) is 32.9 Å². The third kappa shape index (κ3) is 4.20. The van der Waals surface area contributed by atoms with Crippen molar-refractivity contribution in [1.29, 1.82) is 0 Å². The molecule has 3 N–H and O–H groups in total. The second kappa shape index (κ2) is 6.86. The predicted molar refractivity (Wildman–Crippen MR) is 79.2 cm³/mol. The van der Waals surface area contributed by atoms with E-state index in [4.69, 9.17) is 5.73 Å². The van der Waals surface area contributed by atoms with Crippen molar-refractivity contribution in [1.82, 2.24) is 9.78 Å². The Bertz CT molecular complexity index is 560. The Balaban J connectivity index is 1.74. The predicted octanol–water partition coefficient (Wildman–Crippen LogP) is 2.07. The summed E-state index contributed by atoms with van der Waals surface area (Å²) in [6.45, 7) is 3.22. The highest BCUT2D eigenvalue weighted by Crippen LogP contribution is 2.10. The average molecular weight is 272 g/mol. The first-order valence-electron chi connectivity index (χ1n) is 6.76. The summed E-state index contributed by atoms with van der Waals surface area (Å²) in [6, 6.07) is 9.54. The fraction of sp³-hybridized carbons (Fsp3) is 0.333. The molecule has 0 atom stereocenters. The van der Waals surface area contributed by atoms with Crippen molar-refractivity contribution >= 4 is 11.6 Å². The molecule has 2 rings (SSSR count). The number of aryl methyl sites for hydroxylation is 2. The molecule has 0 saturated carbocycles. The smallest absolute Gasteiger partial charge is 0.224 e. The lowest BCUT2D eigenvalue weighted by molar-refractivity contribution is -0.116. The summed E-state index contributed by atoms with van der Waals surface area (Å²) in [5.41, 5.74) is 8.38. The molecular weight excluding hydrogens is 252 g/mol. The van der Waals surface area contributed by atoms with Gasteiger partial charge >= 0.3 is 0 Å². The summed E-state index contributed by atoms with van der Waals surface area (Å²) in [7, 11) is 0. The lowest BCUT2D eigenvalue weighted by atomic mass is 10.2. The highest BCUT2D eigenvalue weighted by Gasteiger charge is 2.03. The fourth-order valence-electron chi connectivity index (χ4n) is 1.94. The maximum absolute atomic E-state index is 11.8. The summed E-state index contributed by atoms with van der Waals surface area (Å²) in [5.74, 6) is 0.0226. The van der Waals surface area contributed by atoms with Crippen LogP contribution in [-0.2, 0) is 17.9 Å². The van der Waals surface area contributed by atoms with E-state index in [1.54, 1.807) is 0 Å². The quantitative estimate of drug-likeness (QED) is 0.845. The number of anilines is 1. The first-order chi connectivity index (χ1) is 9.67. The summed E-state index contributed by atoms with van der Waals surface area (Å²) in [5, 5.41) is 7.16. The zero-order valence-electron chi connectivity index (χ0n) is 11.7. The van der Waals surface area contributed by atoms with Crippen LogP contribution in [0.5, 0.6) is 0 Å². The normalized spacial score (nSPS) is 10.5. The number of amides is 1. The van der Waals surface area contributed by atoms with Crippen molar-refractivity contribution in [2.24, 2.45) is 5.73 Å². The van der Waals surface area contributed by atoms with Crippen LogP contribution in [0.2, 0.25) is 0 Å². The molecule has 5 nitrogen and oxygen atoms in total. The molecule has 20 heavy (non-hydrogen) atoms. The molecule has 1 aromatic heterocycles. The van der Waals surface area contributed by atoms with Crippen LogP contribution in [0.25, 0.3) is 0 Å². The Morgan fingerprint density at radius 1 is 1.30 bits per heavy atom. The number of carbonyl (C=O) groups excluding carboxylic acids is 1. The third-order valence-corrected chi connectivity index (χ3v) is 3.04. The number of nitrogens with zero attached hydrogens (tertiary/aromatic N) is 2. The van der Waals surface area contributed by atoms with Crippen molar-refractivity contribution < 1.29 is 4.79 Å². The van der Waals surface area contributed by atoms with E-state index in [2.05, 4.69) is 10.4 Å². The van der Waals surface area contributed by atoms with Crippen LogP contribution in [0, 0.1) is 6.92 Å². The van der Waals surface area contributed by atoms with Crippen LogP contribution >= 0.6 is 0 Å². The SMILES string of the molecule is Cc1ccn(CCCC(=O)Nc2ccc(CN)cc2)n1. The molecule has 0 saturated heterocycles. The minimum atomic E-state index is 0.0226. The van der Waals surface area contributed by atoms with Crippen molar-refractivity contribution in [3.63, 3.8) is 0 Å². The summed E-state index contributed by atoms with van der Waals surface area (Å²) >= 11 is 0. The summed E-state index contributed by atoms with van der Waals surface area (Å²) in [6.07, 6.45) is 3.18. The number of nitrogens with one attached hydrogen (secondary N) is 1. The first-order valence-corrected chi connectivity index (χ1v) is 6.76. The molecule has 0 aliphatic carbocycles. The second-order valence-corrected chi connectivity index (χ2v) is 4.77. The van der Waals surface area contributed by atoms with Crippen molar-refractivity contribution in [3.05, 3.63) is 47.8 Å². The third-order valence-electron chi connectivity index (χ3n) is 3.04. The Labute approximate surface area is 118 Å². The fourth-order valence-corrected chi connectivity index (χ4v) is 1.94. The molecule has 106 valence electrons. The van der Waals surface area contributed by atoms with Crippen LogP contribution in [0.4, 0.5) is 5.69 Å². The van der Waals surface area contributed by atoms with Gasteiger partial charge in [0.2, 0.25) is 5.91 Å². The van der Waals surface area contributed by atoms with E-state index < -0.39 is 0 Å². The van der Waals surface area contributed by atoms with E-state index in [0.717, 1.165) is 29.9 Å². The lowest BCUT2D eigenvalue weighted by Crippen LogP contribution is -2.12. The molecule has 1 aromatic carbocycles. The molecule has 0 bridgehead atoms. The Kier molecular flexibility index (Phi) is 4.90. The van der Waals surface area contributed by atoms with Crippen LogP contribution < -0.4 is 11.1 Å². The number of hydrogen-bond donors (Lipinski definition) is 2. The van der Waals surface area contributed by atoms with E-state index in [1.165, 1.54) is 0 Å². The van der Waals surface area contributed by atoms with Gasteiger partial charge in [-0.2, -0.15) is 5.10 Å². The van der Waals surface area contributed by atoms with E-state index in [9.17, 15) is 4.79 Å². The number of nitrogens with two attached hydrogens (primary N) is 1. The highest BCUT2D eigenvalue weighted by molar-refractivity contribution is 5.90. The zero-order chi connectivity index (χ0) is 14.4. The Morgan fingerprint density at radius 2 is 2.05 bits per heavy atom. The van der Waals surface area contributed by atoms with E-state index in [1.807, 2.05) is 48.1 Å². The standard InChI is InChI=1S/C15H20N4O/c1-12-8-10-19(18-12)9-2-3-15(20)17-14-6-4-13(11-16)5-7-14/h4-8,10H,2-3,9,11,16H2,1H3,(H,17,20). The molecule has 0 spiro atoms. The molecule has 0 unspecified atom stereocenters. The van der Waals surface area contributed by atoms with Gasteiger partial charge < -0.3 is 11.1 Å². The van der Waals surface area contributed by atoms with Crippen molar-refractivity contribution in [3.8, 4) is 0 Å². The van der Waals surface area contributed by atoms with Gasteiger partial charge in [0, 0.05) is 31.4 Å². The van der Waals surface area contributed by atoms with Crippen LogP contribution in [0.3, 0.4) is 0 Å². The number of rotatable bonds is 6. The molecule has 5 heteroatoms. The van der Waals surface area contributed by atoms with Gasteiger partial charge in [0.1, 0.15) is 0 Å². The highest BCUT2D eigenvalue weighted by atomic mass is 16.1. The van der Waals surface area contributed by atoms with Gasteiger partial charge in [0.25, 0.3) is 0 Å². The molecule has 1 amide bonds. The van der Waals surface area contributed by atoms with Gasteiger partial charge in [-0.1, -0.05) is 12.1 Å². The van der Waals surface area contributed by atoms with Crippen LogP contribution in [0.1, 0.15) is 24.1 Å². The van der Waals surface area contributed by atoms with E-state index in [0.29, 0.717) is 13.0 Å². The number of carbonyl (C=O) groups is 1. The maximum atomic E-state index is 11.8. The van der Waals surface area contributed by atoms with Crippen LogP contribution in [0.15, 0.2) is 36.5 Å². The number of benzene rings is 1. The molecule has 1 heterocycles. The van der Waals surface area contributed by atoms with Crippen molar-refractivity contribution in [2.75, 3.05) is 5.32 Å². The average Bonchev–Trinajstić information content (AvgIpc) is 2.85. The maximum Gasteiger partial charge on any atom is 0.224 e. The summed E-state index contributed by atoms with van der Waals surface area (Å²) < 4.78 is 1.86. The first kappa shape index (κ1) is 14.3. The lowest BCUT2D eigenvalue weighted by Gasteiger charge is -2.06. The zero-order valence-corrected chi connectivity index (χ0v) is 11.7. The van der Waals surface area contributed by atoms with Gasteiger partial charge in [-0.05, 0) is 37.1 Å². The topological polar surface area (TPSA) is 72.9 Å². The number of aromatic nitrogens is 2. The van der Waals surface area contributed by atoms with Crippen LogP contribution in [-0.4, -0.2) is 15.7 Å². The molecule has 0 radical (unpaired) electrons. The second-order valence-electron chi connectivity index (χ2n) is 4.77. The van der Waals surface area contributed by atoms with Gasteiger partial charge in [-0.3, -0.25) is 9.48 Å². The number of hydrogen-bond acceptors (Lipinski definition) is 3. The van der Waals surface area contributed by atoms with Gasteiger partial charge in [0.15, 0.2) is 0 Å². The summed E-state index contributed by atoms with van der Waals surface area (Å²) in [4.78, 5) is 11.8. The Hall–Kier alpha value is -2.14. The molecule has 0 fully saturated rings. The molecule has 2 aromatic rings. The molecule has 0 aliphatic rings. The monoisotopic (exact) mass is 272 g/mol. The molecular formula is C15H20N4O. The van der Waals surface area contributed by atoms with Gasteiger partial charge in [-0.15, -0.1) is 0 Å². The van der Waals surface area contributed by atoms with E-state index >= 15 is 0 Å². The Morgan fingerprint density at radius 3 is 2.65 bits per heavy atom.